The largest absolute Gasteiger partial charge is 0.493 e. The van der Waals surface area contributed by atoms with Gasteiger partial charge in [0.15, 0.2) is 11.5 Å². The number of carboxylic acids is 1. The lowest BCUT2D eigenvalue weighted by atomic mass is 9.97. The lowest BCUT2D eigenvalue weighted by molar-refractivity contribution is -0.145. The van der Waals surface area contributed by atoms with Crippen LogP contribution >= 0.6 is 15.9 Å². The standard InChI is InChI=1S/C12H15BrO5/c1-6(12(15)16)11(14)7-4-9(17-2)10(18-3)5-8(7)13/h4-6,11,14H,1-3H3,(H,15,16). The first kappa shape index (κ1) is 14.8. The lowest BCUT2D eigenvalue weighted by Gasteiger charge is -2.19. The molecule has 0 saturated carbocycles. The predicted molar refractivity (Wildman–Crippen MR) is 69.0 cm³/mol. The van der Waals surface area contributed by atoms with Gasteiger partial charge >= 0.3 is 5.97 Å². The molecular formula is C12H15BrO5. The van der Waals surface area contributed by atoms with E-state index in [4.69, 9.17) is 14.6 Å². The zero-order chi connectivity index (χ0) is 13.9. The van der Waals surface area contributed by atoms with Crippen molar-refractivity contribution in [2.24, 2.45) is 5.92 Å². The molecule has 18 heavy (non-hydrogen) atoms. The van der Waals surface area contributed by atoms with Gasteiger partial charge in [0.05, 0.1) is 26.2 Å². The Kier molecular flexibility index (Phi) is 4.98. The van der Waals surface area contributed by atoms with E-state index in [1.165, 1.54) is 21.1 Å². The molecule has 6 heteroatoms. The van der Waals surface area contributed by atoms with Crippen LogP contribution in [-0.4, -0.2) is 30.4 Å². The number of aliphatic hydroxyl groups is 1. The van der Waals surface area contributed by atoms with Gasteiger partial charge in [-0.15, -0.1) is 0 Å². The van der Waals surface area contributed by atoms with E-state index in [0.717, 1.165) is 0 Å². The van der Waals surface area contributed by atoms with E-state index in [2.05, 4.69) is 15.9 Å². The molecule has 1 aromatic rings. The molecule has 0 fully saturated rings. The quantitative estimate of drug-likeness (QED) is 0.870. The average Bonchev–Trinajstić information content (AvgIpc) is 2.36. The van der Waals surface area contributed by atoms with Crippen LogP contribution in [0.1, 0.15) is 18.6 Å². The molecule has 0 heterocycles. The molecule has 0 bridgehead atoms. The van der Waals surface area contributed by atoms with Crippen molar-refractivity contribution in [1.29, 1.82) is 0 Å². The monoisotopic (exact) mass is 318 g/mol. The number of hydrogen-bond donors (Lipinski definition) is 2. The second-order valence-corrected chi connectivity index (χ2v) is 4.65. The third-order valence-electron chi connectivity index (χ3n) is 2.68. The van der Waals surface area contributed by atoms with E-state index in [9.17, 15) is 9.90 Å². The first-order chi connectivity index (χ1) is 8.42. The summed E-state index contributed by atoms with van der Waals surface area (Å²) in [5.74, 6) is -1.04. The zero-order valence-electron chi connectivity index (χ0n) is 10.3. The number of halogens is 1. The minimum Gasteiger partial charge on any atom is -0.493 e. The number of rotatable bonds is 5. The van der Waals surface area contributed by atoms with Crippen molar-refractivity contribution >= 4 is 21.9 Å². The highest BCUT2D eigenvalue weighted by molar-refractivity contribution is 9.10. The maximum absolute atomic E-state index is 10.9. The van der Waals surface area contributed by atoms with Gasteiger partial charge in [-0.1, -0.05) is 15.9 Å². The molecule has 0 spiro atoms. The highest BCUT2D eigenvalue weighted by Crippen LogP contribution is 2.37. The lowest BCUT2D eigenvalue weighted by Crippen LogP contribution is -2.19. The highest BCUT2D eigenvalue weighted by Gasteiger charge is 2.26. The first-order valence-electron chi connectivity index (χ1n) is 5.24. The van der Waals surface area contributed by atoms with Crippen LogP contribution in [0.4, 0.5) is 0 Å². The Hall–Kier alpha value is -1.27. The summed E-state index contributed by atoms with van der Waals surface area (Å²) in [6.45, 7) is 1.44. The molecule has 1 aromatic carbocycles. The van der Waals surface area contributed by atoms with E-state index in [1.54, 1.807) is 12.1 Å². The Balaban J connectivity index is 3.20. The summed E-state index contributed by atoms with van der Waals surface area (Å²) in [5, 5.41) is 18.9. The van der Waals surface area contributed by atoms with Crippen LogP contribution in [-0.2, 0) is 4.79 Å². The normalized spacial score (nSPS) is 13.8. The van der Waals surface area contributed by atoms with E-state index in [-0.39, 0.29) is 0 Å². The van der Waals surface area contributed by atoms with Crippen LogP contribution < -0.4 is 9.47 Å². The van der Waals surface area contributed by atoms with Crippen LogP contribution in [0.5, 0.6) is 11.5 Å². The number of hydrogen-bond acceptors (Lipinski definition) is 4. The van der Waals surface area contributed by atoms with Gasteiger partial charge in [-0.3, -0.25) is 4.79 Å². The Morgan fingerprint density at radius 2 is 1.78 bits per heavy atom. The van der Waals surface area contributed by atoms with E-state index in [0.29, 0.717) is 21.5 Å². The van der Waals surface area contributed by atoms with Gasteiger partial charge in [0.1, 0.15) is 0 Å². The number of carboxylic acid groups (broad SMARTS) is 1. The van der Waals surface area contributed by atoms with Gasteiger partial charge in [-0.2, -0.15) is 0 Å². The van der Waals surface area contributed by atoms with Gasteiger partial charge < -0.3 is 19.7 Å². The molecule has 100 valence electrons. The number of methoxy groups -OCH3 is 2. The molecule has 0 saturated heterocycles. The molecule has 5 nitrogen and oxygen atoms in total. The van der Waals surface area contributed by atoms with Crippen LogP contribution in [0.2, 0.25) is 0 Å². The highest BCUT2D eigenvalue weighted by atomic mass is 79.9. The number of aliphatic hydroxyl groups excluding tert-OH is 1. The van der Waals surface area contributed by atoms with Crippen molar-refractivity contribution in [3.63, 3.8) is 0 Å². The maximum atomic E-state index is 10.9. The molecule has 0 aliphatic heterocycles. The Bertz CT molecular complexity index is 446. The fourth-order valence-electron chi connectivity index (χ4n) is 1.50. The molecule has 0 aromatic heterocycles. The van der Waals surface area contributed by atoms with E-state index < -0.39 is 18.0 Å². The smallest absolute Gasteiger partial charge is 0.309 e. The van der Waals surface area contributed by atoms with Gasteiger partial charge in [-0.05, 0) is 24.6 Å². The minimum absolute atomic E-state index is 0.437. The number of carbonyl (C=O) groups is 1. The molecule has 1 rings (SSSR count). The fraction of sp³-hybridized carbons (Fsp3) is 0.417. The molecular weight excluding hydrogens is 304 g/mol. The van der Waals surface area contributed by atoms with Crippen molar-refractivity contribution in [1.82, 2.24) is 0 Å². The molecule has 2 unspecified atom stereocenters. The van der Waals surface area contributed by atoms with Crippen LogP contribution in [0, 0.1) is 5.92 Å². The minimum atomic E-state index is -1.13. The SMILES string of the molecule is COc1cc(Br)c(C(O)C(C)C(=O)O)cc1OC. The van der Waals surface area contributed by atoms with Crippen molar-refractivity contribution in [3.05, 3.63) is 22.2 Å². The molecule has 0 radical (unpaired) electrons. The van der Waals surface area contributed by atoms with Crippen molar-refractivity contribution in [2.45, 2.75) is 13.0 Å². The summed E-state index contributed by atoms with van der Waals surface area (Å²) < 4.78 is 10.8. The summed E-state index contributed by atoms with van der Waals surface area (Å²) in [7, 11) is 2.98. The number of ether oxygens (including phenoxy) is 2. The van der Waals surface area contributed by atoms with Crippen molar-refractivity contribution < 1.29 is 24.5 Å². The average molecular weight is 319 g/mol. The van der Waals surface area contributed by atoms with E-state index >= 15 is 0 Å². The van der Waals surface area contributed by atoms with Gasteiger partial charge in [0, 0.05) is 4.47 Å². The summed E-state index contributed by atoms with van der Waals surface area (Å²) in [6.07, 6.45) is -1.13. The predicted octanol–water partition coefficient (Wildman–Crippen LogP) is 2.22. The first-order valence-corrected chi connectivity index (χ1v) is 6.04. The molecule has 2 atom stereocenters. The summed E-state index contributed by atoms with van der Waals surface area (Å²) >= 11 is 3.28. The van der Waals surface area contributed by atoms with Gasteiger partial charge in [0.25, 0.3) is 0 Å². The second-order valence-electron chi connectivity index (χ2n) is 3.80. The van der Waals surface area contributed by atoms with Crippen molar-refractivity contribution in [2.75, 3.05) is 14.2 Å². The Morgan fingerprint density at radius 3 is 2.22 bits per heavy atom. The maximum Gasteiger partial charge on any atom is 0.309 e. The summed E-state index contributed by atoms with van der Waals surface area (Å²) in [6, 6.07) is 3.19. The fourth-order valence-corrected chi connectivity index (χ4v) is 2.06. The molecule has 0 aliphatic rings. The van der Waals surface area contributed by atoms with Crippen LogP contribution in [0.25, 0.3) is 0 Å². The zero-order valence-corrected chi connectivity index (χ0v) is 11.9. The van der Waals surface area contributed by atoms with Gasteiger partial charge in [0.2, 0.25) is 0 Å². The number of benzene rings is 1. The topological polar surface area (TPSA) is 76.0 Å². The Morgan fingerprint density at radius 1 is 1.28 bits per heavy atom. The third kappa shape index (κ3) is 2.94. The van der Waals surface area contributed by atoms with Crippen LogP contribution in [0.3, 0.4) is 0 Å². The molecule has 0 amide bonds. The van der Waals surface area contributed by atoms with E-state index in [1.807, 2.05) is 0 Å². The second kappa shape index (κ2) is 6.06. The molecule has 2 N–H and O–H groups in total. The summed E-state index contributed by atoms with van der Waals surface area (Å²) in [4.78, 5) is 10.9. The Labute approximate surface area is 113 Å². The van der Waals surface area contributed by atoms with Crippen LogP contribution in [0.15, 0.2) is 16.6 Å². The third-order valence-corrected chi connectivity index (χ3v) is 3.37. The van der Waals surface area contributed by atoms with Gasteiger partial charge in [-0.25, -0.2) is 0 Å². The number of aliphatic carboxylic acids is 1. The summed E-state index contributed by atoms with van der Waals surface area (Å²) in [5.41, 5.74) is 0.447. The van der Waals surface area contributed by atoms with Crippen molar-refractivity contribution in [3.8, 4) is 11.5 Å². The molecule has 0 aliphatic carbocycles.